The fourth-order valence-electron chi connectivity index (χ4n) is 4.04. The number of fused-ring (bicyclic) bond motifs is 1. The summed E-state index contributed by atoms with van der Waals surface area (Å²) in [5.74, 6) is -0.338. The van der Waals surface area contributed by atoms with Gasteiger partial charge in [-0.1, -0.05) is 11.6 Å². The van der Waals surface area contributed by atoms with Crippen LogP contribution >= 0.6 is 11.6 Å². The molecule has 1 aliphatic rings. The molecule has 1 aliphatic heterocycles. The van der Waals surface area contributed by atoms with Crippen molar-refractivity contribution in [2.45, 2.75) is 39.2 Å². The van der Waals surface area contributed by atoms with E-state index in [9.17, 15) is 18.0 Å². The lowest BCUT2D eigenvalue weighted by Crippen LogP contribution is -2.39. The molecule has 2 N–H and O–H groups in total. The quantitative estimate of drug-likeness (QED) is 0.599. The highest BCUT2D eigenvalue weighted by molar-refractivity contribution is 7.92. The monoisotopic (exact) mass is 477 g/mol. The second-order valence-electron chi connectivity index (χ2n) is 8.11. The van der Waals surface area contributed by atoms with Crippen LogP contribution in [0.3, 0.4) is 0 Å². The minimum Gasteiger partial charge on any atom is -0.330 e. The van der Waals surface area contributed by atoms with Crippen molar-refractivity contribution in [3.05, 3.63) is 62.2 Å². The summed E-state index contributed by atoms with van der Waals surface area (Å²) in [5.41, 5.74) is 2.58. The van der Waals surface area contributed by atoms with Gasteiger partial charge in [-0.2, -0.15) is 0 Å². The molecule has 1 amide bonds. The Morgan fingerprint density at radius 3 is 2.72 bits per heavy atom. The summed E-state index contributed by atoms with van der Waals surface area (Å²) in [5, 5.41) is 3.44. The summed E-state index contributed by atoms with van der Waals surface area (Å²) in [6.45, 7) is 4.00. The molecule has 1 fully saturated rings. The lowest BCUT2D eigenvalue weighted by molar-refractivity contribution is 0.0607. The first kappa shape index (κ1) is 22.3. The number of aromatic nitrogens is 3. The third kappa shape index (κ3) is 4.24. The predicted octanol–water partition coefficient (Wildman–Crippen LogP) is 3.03. The molecular weight excluding hydrogens is 454 g/mol. The molecule has 3 heterocycles. The van der Waals surface area contributed by atoms with Crippen molar-refractivity contribution in [2.24, 2.45) is 0 Å². The first-order chi connectivity index (χ1) is 15.0. The number of anilines is 1. The fourth-order valence-corrected chi connectivity index (χ4v) is 4.79. The maximum atomic E-state index is 13.6. The van der Waals surface area contributed by atoms with E-state index >= 15 is 0 Å². The van der Waals surface area contributed by atoms with Crippen molar-refractivity contribution in [2.75, 3.05) is 17.5 Å². The van der Waals surface area contributed by atoms with Crippen molar-refractivity contribution in [1.29, 1.82) is 0 Å². The number of nitrogens with zero attached hydrogens (tertiary/aromatic N) is 3. The Morgan fingerprint density at radius 1 is 1.25 bits per heavy atom. The maximum Gasteiger partial charge on any atom is 0.275 e. The molecule has 4 rings (SSSR count). The molecule has 1 unspecified atom stereocenters. The van der Waals surface area contributed by atoms with Crippen LogP contribution in [0.25, 0.3) is 5.65 Å². The number of likely N-dealkylation sites (tertiary alicyclic amines) is 1. The standard InChI is InChI=1S/C21H24ClN5O4S/c1-12-13(2)23-19-11-17(24-27(19)20(12)28)18-6-4-5-9-26(18)21(29)15-10-14(22)7-8-16(15)25-32(3,30)31/h7-8,10-11,18,24-25H,4-6,9H2,1-3H3. The Labute approximate surface area is 190 Å². The van der Waals surface area contributed by atoms with Crippen molar-refractivity contribution < 1.29 is 13.2 Å². The number of halogens is 1. The van der Waals surface area contributed by atoms with E-state index in [1.165, 1.54) is 22.7 Å². The van der Waals surface area contributed by atoms with Gasteiger partial charge in [0.25, 0.3) is 11.5 Å². The summed E-state index contributed by atoms with van der Waals surface area (Å²) in [4.78, 5) is 32.4. The van der Waals surface area contributed by atoms with E-state index in [2.05, 4.69) is 14.8 Å². The van der Waals surface area contributed by atoms with Crippen molar-refractivity contribution in [1.82, 2.24) is 19.5 Å². The number of H-pyrrole nitrogens is 1. The zero-order chi connectivity index (χ0) is 23.2. The molecule has 1 atom stereocenters. The van der Waals surface area contributed by atoms with Crippen molar-refractivity contribution in [3.63, 3.8) is 0 Å². The van der Waals surface area contributed by atoms with Crippen LogP contribution < -0.4 is 10.3 Å². The molecule has 0 saturated carbocycles. The highest BCUT2D eigenvalue weighted by atomic mass is 35.5. The number of sulfonamides is 1. The van der Waals surface area contributed by atoms with E-state index < -0.39 is 10.0 Å². The number of aromatic amines is 1. The largest absolute Gasteiger partial charge is 0.330 e. The SMILES string of the molecule is Cc1nc2cc(C3CCCCN3C(=O)c3cc(Cl)ccc3NS(C)(=O)=O)[nH]n2c(=O)c1C. The van der Waals surface area contributed by atoms with Gasteiger partial charge in [-0.15, -0.1) is 0 Å². The number of amides is 1. The average molecular weight is 478 g/mol. The van der Waals surface area contributed by atoms with E-state index in [0.717, 1.165) is 19.1 Å². The van der Waals surface area contributed by atoms with Crippen LogP contribution in [0.2, 0.25) is 5.02 Å². The Bertz CT molecular complexity index is 1380. The molecule has 170 valence electrons. The van der Waals surface area contributed by atoms with E-state index in [1.54, 1.807) is 24.8 Å². The number of benzene rings is 1. The predicted molar refractivity (Wildman–Crippen MR) is 123 cm³/mol. The number of aryl methyl sites for hydroxylation is 1. The second kappa shape index (κ2) is 8.25. The van der Waals surface area contributed by atoms with Crippen LogP contribution in [-0.4, -0.2) is 46.6 Å². The molecule has 3 aromatic rings. The van der Waals surface area contributed by atoms with Crippen LogP contribution in [0.5, 0.6) is 0 Å². The molecule has 11 heteroatoms. The smallest absolute Gasteiger partial charge is 0.275 e. The van der Waals surface area contributed by atoms with Gasteiger partial charge in [0.1, 0.15) is 0 Å². The van der Waals surface area contributed by atoms with E-state index in [-0.39, 0.29) is 28.8 Å². The second-order valence-corrected chi connectivity index (χ2v) is 10.3. The molecular formula is C21H24ClN5O4S. The van der Waals surface area contributed by atoms with E-state index in [0.29, 0.717) is 40.6 Å². The van der Waals surface area contributed by atoms with Crippen LogP contribution in [0.1, 0.15) is 52.6 Å². The number of hydrogen-bond acceptors (Lipinski definition) is 5. The van der Waals surface area contributed by atoms with E-state index in [4.69, 9.17) is 11.6 Å². The zero-order valence-corrected chi connectivity index (χ0v) is 19.5. The zero-order valence-electron chi connectivity index (χ0n) is 18.0. The summed E-state index contributed by atoms with van der Waals surface area (Å²) in [6, 6.07) is 5.95. The summed E-state index contributed by atoms with van der Waals surface area (Å²) >= 11 is 6.12. The van der Waals surface area contributed by atoms with Crippen LogP contribution in [0.4, 0.5) is 5.69 Å². The molecule has 0 bridgehead atoms. The summed E-state index contributed by atoms with van der Waals surface area (Å²) in [7, 11) is -3.59. The third-order valence-corrected chi connectivity index (χ3v) is 6.56. The number of hydrogen-bond donors (Lipinski definition) is 2. The molecule has 1 aromatic carbocycles. The van der Waals surface area contributed by atoms with Gasteiger partial charge in [-0.25, -0.2) is 17.9 Å². The lowest BCUT2D eigenvalue weighted by atomic mass is 9.98. The molecule has 0 aliphatic carbocycles. The highest BCUT2D eigenvalue weighted by Gasteiger charge is 2.32. The highest BCUT2D eigenvalue weighted by Crippen LogP contribution is 2.33. The van der Waals surface area contributed by atoms with Gasteiger partial charge in [-0.05, 0) is 51.3 Å². The van der Waals surface area contributed by atoms with E-state index in [1.807, 2.05) is 0 Å². The minimum absolute atomic E-state index is 0.173. The Kier molecular flexibility index (Phi) is 5.76. The van der Waals surface area contributed by atoms with Crippen LogP contribution in [0, 0.1) is 13.8 Å². The summed E-state index contributed by atoms with van der Waals surface area (Å²) in [6.07, 6.45) is 3.45. The Balaban J connectivity index is 1.76. The normalized spacial score (nSPS) is 17.0. The van der Waals surface area contributed by atoms with Gasteiger partial charge in [0, 0.05) is 28.9 Å². The number of piperidine rings is 1. The minimum atomic E-state index is -3.59. The molecule has 9 nitrogen and oxygen atoms in total. The van der Waals surface area contributed by atoms with Crippen molar-refractivity contribution >= 4 is 38.9 Å². The lowest BCUT2D eigenvalue weighted by Gasteiger charge is -2.35. The van der Waals surface area contributed by atoms with Gasteiger partial charge in [0.05, 0.1) is 29.2 Å². The van der Waals surface area contributed by atoms with Gasteiger partial charge in [0.2, 0.25) is 10.0 Å². The Hall–Kier alpha value is -2.85. The maximum absolute atomic E-state index is 13.6. The molecule has 0 spiro atoms. The van der Waals surface area contributed by atoms with Crippen LogP contribution in [-0.2, 0) is 10.0 Å². The molecule has 0 radical (unpaired) electrons. The van der Waals surface area contributed by atoms with Crippen molar-refractivity contribution in [3.8, 4) is 0 Å². The molecule has 32 heavy (non-hydrogen) atoms. The summed E-state index contributed by atoms with van der Waals surface area (Å²) < 4.78 is 27.4. The van der Waals surface area contributed by atoms with Crippen LogP contribution in [0.15, 0.2) is 29.1 Å². The van der Waals surface area contributed by atoms with Gasteiger partial charge in [-0.3, -0.25) is 19.4 Å². The Morgan fingerprint density at radius 2 is 2.00 bits per heavy atom. The van der Waals surface area contributed by atoms with Gasteiger partial charge in [0.15, 0.2) is 5.65 Å². The number of carbonyl (C=O) groups excluding carboxylic acids is 1. The number of carbonyl (C=O) groups is 1. The molecule has 1 saturated heterocycles. The van der Waals surface area contributed by atoms with Gasteiger partial charge >= 0.3 is 0 Å². The first-order valence-electron chi connectivity index (χ1n) is 10.2. The first-order valence-corrected chi connectivity index (χ1v) is 12.5. The fraction of sp³-hybridized carbons (Fsp3) is 0.381. The average Bonchev–Trinajstić information content (AvgIpc) is 3.16. The number of rotatable bonds is 4. The topological polar surface area (TPSA) is 117 Å². The molecule has 2 aromatic heterocycles. The third-order valence-electron chi connectivity index (χ3n) is 5.73. The number of nitrogens with one attached hydrogen (secondary N) is 2. The van der Waals surface area contributed by atoms with Gasteiger partial charge < -0.3 is 4.90 Å².